The largest absolute Gasteiger partial charge is 0.325 e. The molecule has 1 saturated heterocycles. The summed E-state index contributed by atoms with van der Waals surface area (Å²) in [6.07, 6.45) is 3.98. The van der Waals surface area contributed by atoms with Gasteiger partial charge >= 0.3 is 0 Å². The van der Waals surface area contributed by atoms with Crippen molar-refractivity contribution < 1.29 is 4.79 Å². The standard InChI is InChI=1S/C15H23N3O/c1-11-9-13(6-8-17-11)18-14(19)15(2,3)12-5-4-7-16-10-12/h6,8-9,12,16H,4-5,7,10H2,1-3H3,(H,17,18,19). The Kier molecular flexibility index (Phi) is 4.20. The molecule has 2 rings (SSSR count). The lowest BCUT2D eigenvalue weighted by Gasteiger charge is -2.36. The fourth-order valence-electron chi connectivity index (χ4n) is 2.57. The summed E-state index contributed by atoms with van der Waals surface area (Å²) >= 11 is 0. The Morgan fingerprint density at radius 1 is 1.53 bits per heavy atom. The first-order chi connectivity index (χ1) is 9.00. The van der Waals surface area contributed by atoms with E-state index in [0.717, 1.165) is 37.3 Å². The molecule has 2 N–H and O–H groups in total. The number of piperidine rings is 1. The van der Waals surface area contributed by atoms with E-state index in [-0.39, 0.29) is 11.3 Å². The third-order valence-corrected chi connectivity index (χ3v) is 4.06. The fourth-order valence-corrected chi connectivity index (χ4v) is 2.57. The molecule has 0 aromatic carbocycles. The maximum absolute atomic E-state index is 12.5. The van der Waals surface area contributed by atoms with E-state index in [1.807, 2.05) is 32.9 Å². The number of hydrogen-bond acceptors (Lipinski definition) is 3. The highest BCUT2D eigenvalue weighted by Crippen LogP contribution is 2.33. The van der Waals surface area contributed by atoms with Gasteiger partial charge in [0.1, 0.15) is 0 Å². The zero-order valence-corrected chi connectivity index (χ0v) is 12.0. The van der Waals surface area contributed by atoms with Crippen LogP contribution >= 0.6 is 0 Å². The molecule has 0 saturated carbocycles. The van der Waals surface area contributed by atoms with Crippen molar-refractivity contribution >= 4 is 11.6 Å². The zero-order chi connectivity index (χ0) is 13.9. The lowest BCUT2D eigenvalue weighted by molar-refractivity contribution is -0.127. The van der Waals surface area contributed by atoms with Gasteiger partial charge in [0.15, 0.2) is 0 Å². The number of amides is 1. The third-order valence-electron chi connectivity index (χ3n) is 4.06. The second-order valence-corrected chi connectivity index (χ2v) is 5.90. The van der Waals surface area contributed by atoms with Gasteiger partial charge in [0.2, 0.25) is 5.91 Å². The van der Waals surface area contributed by atoms with E-state index in [1.165, 1.54) is 0 Å². The van der Waals surface area contributed by atoms with Crippen molar-refractivity contribution in [3.8, 4) is 0 Å². The second-order valence-electron chi connectivity index (χ2n) is 5.90. The minimum atomic E-state index is -0.357. The molecule has 1 aliphatic heterocycles. The van der Waals surface area contributed by atoms with Crippen molar-refractivity contribution in [1.29, 1.82) is 0 Å². The van der Waals surface area contributed by atoms with Crippen LogP contribution in [0.5, 0.6) is 0 Å². The van der Waals surface area contributed by atoms with E-state index in [2.05, 4.69) is 15.6 Å². The van der Waals surface area contributed by atoms with E-state index in [1.54, 1.807) is 6.20 Å². The van der Waals surface area contributed by atoms with Crippen LogP contribution in [-0.4, -0.2) is 24.0 Å². The molecule has 1 amide bonds. The molecular formula is C15H23N3O. The Morgan fingerprint density at radius 2 is 2.32 bits per heavy atom. The van der Waals surface area contributed by atoms with E-state index < -0.39 is 0 Å². The minimum Gasteiger partial charge on any atom is -0.325 e. The van der Waals surface area contributed by atoms with Crippen LogP contribution in [0.2, 0.25) is 0 Å². The number of carbonyl (C=O) groups is 1. The van der Waals surface area contributed by atoms with E-state index >= 15 is 0 Å². The highest BCUT2D eigenvalue weighted by molar-refractivity contribution is 5.95. The first kappa shape index (κ1) is 14.0. The average molecular weight is 261 g/mol. The molecule has 0 bridgehead atoms. The number of anilines is 1. The molecule has 1 atom stereocenters. The summed E-state index contributed by atoms with van der Waals surface area (Å²) in [4.78, 5) is 16.6. The number of nitrogens with one attached hydrogen (secondary N) is 2. The molecule has 0 spiro atoms. The van der Waals surface area contributed by atoms with Gasteiger partial charge < -0.3 is 10.6 Å². The topological polar surface area (TPSA) is 54.0 Å². The van der Waals surface area contributed by atoms with Crippen molar-refractivity contribution in [2.75, 3.05) is 18.4 Å². The predicted molar refractivity (Wildman–Crippen MR) is 77.0 cm³/mol. The monoisotopic (exact) mass is 261 g/mol. The van der Waals surface area contributed by atoms with Crippen LogP contribution in [0.15, 0.2) is 18.3 Å². The van der Waals surface area contributed by atoms with Crippen LogP contribution in [0.1, 0.15) is 32.4 Å². The van der Waals surface area contributed by atoms with E-state index in [9.17, 15) is 4.79 Å². The lowest BCUT2D eigenvalue weighted by Crippen LogP contribution is -2.44. The minimum absolute atomic E-state index is 0.0896. The molecule has 4 heteroatoms. The number of aromatic nitrogens is 1. The zero-order valence-electron chi connectivity index (χ0n) is 12.0. The number of rotatable bonds is 3. The molecule has 1 fully saturated rings. The van der Waals surface area contributed by atoms with Crippen LogP contribution in [0.4, 0.5) is 5.69 Å². The van der Waals surface area contributed by atoms with Gasteiger partial charge in [0.25, 0.3) is 0 Å². The Morgan fingerprint density at radius 3 is 2.95 bits per heavy atom. The van der Waals surface area contributed by atoms with Gasteiger partial charge in [-0.2, -0.15) is 0 Å². The first-order valence-corrected chi connectivity index (χ1v) is 6.95. The van der Waals surface area contributed by atoms with Crippen LogP contribution in [0, 0.1) is 18.3 Å². The Balaban J connectivity index is 2.05. The van der Waals surface area contributed by atoms with Crippen molar-refractivity contribution in [2.45, 2.75) is 33.6 Å². The summed E-state index contributed by atoms with van der Waals surface area (Å²) in [5, 5.41) is 6.39. The maximum Gasteiger partial charge on any atom is 0.230 e. The Bertz CT molecular complexity index is 450. The van der Waals surface area contributed by atoms with Crippen LogP contribution < -0.4 is 10.6 Å². The molecule has 1 aliphatic rings. The summed E-state index contributed by atoms with van der Waals surface area (Å²) in [5.74, 6) is 0.482. The summed E-state index contributed by atoms with van der Waals surface area (Å²) in [5.41, 5.74) is 1.38. The quantitative estimate of drug-likeness (QED) is 0.878. The number of pyridine rings is 1. The number of carbonyl (C=O) groups excluding carboxylic acids is 1. The fraction of sp³-hybridized carbons (Fsp3) is 0.600. The molecule has 1 unspecified atom stereocenters. The number of aryl methyl sites for hydroxylation is 1. The number of hydrogen-bond donors (Lipinski definition) is 2. The summed E-state index contributed by atoms with van der Waals surface area (Å²) in [6.45, 7) is 7.99. The van der Waals surface area contributed by atoms with Gasteiger partial charge in [0, 0.05) is 23.0 Å². The van der Waals surface area contributed by atoms with Crippen LogP contribution in [0.3, 0.4) is 0 Å². The van der Waals surface area contributed by atoms with Crippen LogP contribution in [-0.2, 0) is 4.79 Å². The van der Waals surface area contributed by atoms with E-state index in [4.69, 9.17) is 0 Å². The van der Waals surface area contributed by atoms with E-state index in [0.29, 0.717) is 5.92 Å². The molecule has 1 aromatic rings. The van der Waals surface area contributed by atoms with Gasteiger partial charge in [-0.25, -0.2) is 0 Å². The summed E-state index contributed by atoms with van der Waals surface area (Å²) in [7, 11) is 0. The van der Waals surface area contributed by atoms with Gasteiger partial charge in [-0.15, -0.1) is 0 Å². The molecular weight excluding hydrogens is 238 g/mol. The van der Waals surface area contributed by atoms with Gasteiger partial charge in [-0.05, 0) is 50.9 Å². The highest BCUT2D eigenvalue weighted by atomic mass is 16.2. The molecule has 0 radical (unpaired) electrons. The molecule has 2 heterocycles. The third kappa shape index (κ3) is 3.32. The normalized spacial score (nSPS) is 20.1. The highest BCUT2D eigenvalue weighted by Gasteiger charge is 2.37. The van der Waals surface area contributed by atoms with Crippen molar-refractivity contribution in [2.24, 2.45) is 11.3 Å². The molecule has 0 aliphatic carbocycles. The predicted octanol–water partition coefficient (Wildman–Crippen LogP) is 2.35. The average Bonchev–Trinajstić information content (AvgIpc) is 2.39. The molecule has 1 aromatic heterocycles. The smallest absolute Gasteiger partial charge is 0.230 e. The van der Waals surface area contributed by atoms with Crippen molar-refractivity contribution in [3.63, 3.8) is 0 Å². The molecule has 104 valence electrons. The Hall–Kier alpha value is -1.42. The maximum atomic E-state index is 12.5. The first-order valence-electron chi connectivity index (χ1n) is 6.95. The summed E-state index contributed by atoms with van der Waals surface area (Å²) < 4.78 is 0. The molecule has 4 nitrogen and oxygen atoms in total. The van der Waals surface area contributed by atoms with Gasteiger partial charge in [-0.1, -0.05) is 13.8 Å². The summed E-state index contributed by atoms with van der Waals surface area (Å²) in [6, 6.07) is 3.73. The van der Waals surface area contributed by atoms with Gasteiger partial charge in [0.05, 0.1) is 0 Å². The van der Waals surface area contributed by atoms with Crippen molar-refractivity contribution in [3.05, 3.63) is 24.0 Å². The molecule has 19 heavy (non-hydrogen) atoms. The SMILES string of the molecule is Cc1cc(NC(=O)C(C)(C)C2CCCNC2)ccn1. The second kappa shape index (κ2) is 5.70. The Labute approximate surface area is 115 Å². The van der Waals surface area contributed by atoms with Crippen molar-refractivity contribution in [1.82, 2.24) is 10.3 Å². The number of nitrogens with zero attached hydrogens (tertiary/aromatic N) is 1. The van der Waals surface area contributed by atoms with Gasteiger partial charge in [-0.3, -0.25) is 9.78 Å². The lowest BCUT2D eigenvalue weighted by atomic mass is 9.74. The van der Waals surface area contributed by atoms with Crippen LogP contribution in [0.25, 0.3) is 0 Å².